The van der Waals surface area contributed by atoms with Crippen molar-refractivity contribution in [3.63, 3.8) is 0 Å². The average molecular weight is 232 g/mol. The molecule has 94 valence electrons. The highest BCUT2D eigenvalue weighted by Crippen LogP contribution is 2.23. The minimum absolute atomic E-state index is 1.08. The van der Waals surface area contributed by atoms with E-state index in [1.807, 2.05) is 0 Å². The fraction of sp³-hybridized carbons (Fsp3) is 0.600. The summed E-state index contributed by atoms with van der Waals surface area (Å²) in [4.78, 5) is 2.42. The molecule has 1 aliphatic rings. The summed E-state index contributed by atoms with van der Waals surface area (Å²) < 4.78 is 0. The van der Waals surface area contributed by atoms with E-state index in [1.54, 1.807) is 0 Å². The smallest absolute Gasteiger partial charge is 0.0372 e. The highest BCUT2D eigenvalue weighted by molar-refractivity contribution is 5.54. The summed E-state index contributed by atoms with van der Waals surface area (Å²) in [6.45, 7) is 5.65. The van der Waals surface area contributed by atoms with Gasteiger partial charge in [-0.3, -0.25) is 0 Å². The van der Waals surface area contributed by atoms with Crippen molar-refractivity contribution >= 4 is 5.69 Å². The van der Waals surface area contributed by atoms with Crippen molar-refractivity contribution in [1.82, 2.24) is 4.90 Å². The number of anilines is 1. The van der Waals surface area contributed by atoms with Gasteiger partial charge in [-0.2, -0.15) is 0 Å². The van der Waals surface area contributed by atoms with E-state index in [4.69, 9.17) is 0 Å². The number of nitrogens with one attached hydrogen (secondary N) is 1. The van der Waals surface area contributed by atoms with Crippen LogP contribution in [0, 0.1) is 0 Å². The molecule has 17 heavy (non-hydrogen) atoms. The molecule has 0 fully saturated rings. The van der Waals surface area contributed by atoms with Crippen molar-refractivity contribution < 1.29 is 0 Å². The first kappa shape index (κ1) is 12.4. The molecule has 1 aliphatic heterocycles. The largest absolute Gasteiger partial charge is 0.385 e. The van der Waals surface area contributed by atoms with Gasteiger partial charge in [-0.05, 0) is 50.0 Å². The topological polar surface area (TPSA) is 15.3 Å². The van der Waals surface area contributed by atoms with Gasteiger partial charge in [0.1, 0.15) is 0 Å². The molecule has 0 radical (unpaired) electrons. The van der Waals surface area contributed by atoms with Gasteiger partial charge >= 0.3 is 0 Å². The molecule has 0 amide bonds. The van der Waals surface area contributed by atoms with Crippen molar-refractivity contribution in [2.75, 3.05) is 25.5 Å². The van der Waals surface area contributed by atoms with E-state index in [-0.39, 0.29) is 0 Å². The van der Waals surface area contributed by atoms with Crippen LogP contribution in [0.4, 0.5) is 5.69 Å². The highest BCUT2D eigenvalue weighted by atomic mass is 15.1. The second-order valence-corrected chi connectivity index (χ2v) is 5.11. The summed E-state index contributed by atoms with van der Waals surface area (Å²) in [5.74, 6) is 0. The Morgan fingerprint density at radius 2 is 2.24 bits per heavy atom. The average Bonchev–Trinajstić information content (AvgIpc) is 2.36. The molecule has 0 saturated heterocycles. The molecule has 0 unspecified atom stereocenters. The predicted molar refractivity (Wildman–Crippen MR) is 74.5 cm³/mol. The Morgan fingerprint density at radius 1 is 1.35 bits per heavy atom. The van der Waals surface area contributed by atoms with E-state index in [0.29, 0.717) is 0 Å². The quantitative estimate of drug-likeness (QED) is 0.838. The summed E-state index contributed by atoms with van der Waals surface area (Å²) in [6, 6.07) is 6.89. The molecule has 1 aromatic rings. The second-order valence-electron chi connectivity index (χ2n) is 5.11. The molecule has 2 heteroatoms. The minimum Gasteiger partial charge on any atom is -0.385 e. The number of hydrogen-bond donors (Lipinski definition) is 1. The van der Waals surface area contributed by atoms with Gasteiger partial charge in [0.25, 0.3) is 0 Å². The molecule has 0 spiro atoms. The van der Waals surface area contributed by atoms with Gasteiger partial charge in [-0.15, -0.1) is 0 Å². The number of unbranched alkanes of at least 4 members (excludes halogenated alkanes) is 1. The standard InChI is InChI=1S/C15H24N2/c1-3-4-10-17(2)12-13-7-8-15-14(11-13)6-5-9-16-15/h7-8,11,16H,3-6,9-10,12H2,1-2H3. The molecular formula is C15H24N2. The summed E-state index contributed by atoms with van der Waals surface area (Å²) in [5.41, 5.74) is 4.29. The van der Waals surface area contributed by atoms with Crippen molar-refractivity contribution in [2.24, 2.45) is 0 Å². The predicted octanol–water partition coefficient (Wildman–Crippen LogP) is 3.28. The Kier molecular flexibility index (Phi) is 4.43. The lowest BCUT2D eigenvalue weighted by atomic mass is 10.0. The second kappa shape index (κ2) is 6.06. The molecule has 1 aromatic carbocycles. The van der Waals surface area contributed by atoms with Gasteiger partial charge in [0, 0.05) is 18.8 Å². The van der Waals surface area contributed by atoms with Crippen LogP contribution in [0.25, 0.3) is 0 Å². The van der Waals surface area contributed by atoms with Gasteiger partial charge in [0.2, 0.25) is 0 Å². The maximum absolute atomic E-state index is 3.46. The Balaban J connectivity index is 1.97. The Bertz CT molecular complexity index is 360. The molecule has 0 saturated carbocycles. The number of fused-ring (bicyclic) bond motifs is 1. The molecule has 0 bridgehead atoms. The molecule has 2 rings (SSSR count). The number of rotatable bonds is 5. The van der Waals surface area contributed by atoms with Crippen molar-refractivity contribution in [3.8, 4) is 0 Å². The lowest BCUT2D eigenvalue weighted by molar-refractivity contribution is 0.321. The maximum atomic E-state index is 3.46. The molecule has 1 N–H and O–H groups in total. The van der Waals surface area contributed by atoms with Crippen LogP contribution >= 0.6 is 0 Å². The molecule has 1 heterocycles. The van der Waals surface area contributed by atoms with E-state index in [1.165, 1.54) is 49.0 Å². The van der Waals surface area contributed by atoms with Gasteiger partial charge in [0.15, 0.2) is 0 Å². The third-order valence-electron chi connectivity index (χ3n) is 3.45. The SMILES string of the molecule is CCCCN(C)Cc1ccc2c(c1)CCCN2. The van der Waals surface area contributed by atoms with E-state index in [2.05, 4.69) is 42.4 Å². The monoisotopic (exact) mass is 232 g/mol. The van der Waals surface area contributed by atoms with Crippen LogP contribution in [0.2, 0.25) is 0 Å². The Labute approximate surface area is 105 Å². The molecule has 2 nitrogen and oxygen atoms in total. The minimum atomic E-state index is 1.08. The zero-order chi connectivity index (χ0) is 12.1. The van der Waals surface area contributed by atoms with Crippen LogP contribution in [0.5, 0.6) is 0 Å². The number of benzene rings is 1. The Morgan fingerprint density at radius 3 is 3.06 bits per heavy atom. The molecule has 0 atom stereocenters. The maximum Gasteiger partial charge on any atom is 0.0372 e. The third kappa shape index (κ3) is 3.47. The van der Waals surface area contributed by atoms with Gasteiger partial charge in [0.05, 0.1) is 0 Å². The first-order valence-corrected chi connectivity index (χ1v) is 6.84. The van der Waals surface area contributed by atoms with Crippen LogP contribution in [0.1, 0.15) is 37.3 Å². The third-order valence-corrected chi connectivity index (χ3v) is 3.45. The first-order valence-electron chi connectivity index (χ1n) is 6.84. The summed E-state index contributed by atoms with van der Waals surface area (Å²) >= 11 is 0. The molecular weight excluding hydrogens is 208 g/mol. The van der Waals surface area contributed by atoms with Gasteiger partial charge < -0.3 is 10.2 Å². The number of aryl methyl sites for hydroxylation is 1. The van der Waals surface area contributed by atoms with Crippen molar-refractivity contribution in [3.05, 3.63) is 29.3 Å². The van der Waals surface area contributed by atoms with Crippen LogP contribution < -0.4 is 5.32 Å². The van der Waals surface area contributed by atoms with Gasteiger partial charge in [-0.1, -0.05) is 25.5 Å². The lowest BCUT2D eigenvalue weighted by Gasteiger charge is -2.21. The number of hydrogen-bond acceptors (Lipinski definition) is 2. The van der Waals surface area contributed by atoms with Crippen molar-refractivity contribution in [2.45, 2.75) is 39.2 Å². The van der Waals surface area contributed by atoms with Crippen LogP contribution in [-0.2, 0) is 13.0 Å². The van der Waals surface area contributed by atoms with Gasteiger partial charge in [-0.25, -0.2) is 0 Å². The molecule has 0 aliphatic carbocycles. The van der Waals surface area contributed by atoms with E-state index < -0.39 is 0 Å². The normalized spacial score (nSPS) is 14.5. The zero-order valence-corrected chi connectivity index (χ0v) is 11.1. The fourth-order valence-electron chi connectivity index (χ4n) is 2.45. The fourth-order valence-corrected chi connectivity index (χ4v) is 2.45. The Hall–Kier alpha value is -1.02. The van der Waals surface area contributed by atoms with E-state index >= 15 is 0 Å². The number of nitrogens with zero attached hydrogens (tertiary/aromatic N) is 1. The van der Waals surface area contributed by atoms with E-state index in [9.17, 15) is 0 Å². The first-order chi connectivity index (χ1) is 8.29. The van der Waals surface area contributed by atoms with Crippen LogP contribution in [0.15, 0.2) is 18.2 Å². The lowest BCUT2D eigenvalue weighted by Crippen LogP contribution is -2.19. The van der Waals surface area contributed by atoms with Crippen LogP contribution in [0.3, 0.4) is 0 Å². The van der Waals surface area contributed by atoms with Crippen molar-refractivity contribution in [1.29, 1.82) is 0 Å². The summed E-state index contributed by atoms with van der Waals surface area (Å²) in [5, 5.41) is 3.46. The zero-order valence-electron chi connectivity index (χ0n) is 11.1. The summed E-state index contributed by atoms with van der Waals surface area (Å²) in [6.07, 6.45) is 5.07. The summed E-state index contributed by atoms with van der Waals surface area (Å²) in [7, 11) is 2.22. The van der Waals surface area contributed by atoms with Crippen LogP contribution in [-0.4, -0.2) is 25.0 Å². The van der Waals surface area contributed by atoms with E-state index in [0.717, 1.165) is 13.1 Å². The molecule has 0 aromatic heterocycles. The highest BCUT2D eigenvalue weighted by Gasteiger charge is 2.09.